The lowest BCUT2D eigenvalue weighted by Crippen LogP contribution is -2.00. The summed E-state index contributed by atoms with van der Waals surface area (Å²) in [5, 5.41) is 2.48. The maximum atomic E-state index is 4.99. The molecular formula is C54H34N6S. The maximum absolute atomic E-state index is 4.99. The van der Waals surface area contributed by atoms with Crippen molar-refractivity contribution in [3.05, 3.63) is 206 Å². The second kappa shape index (κ2) is 15.6. The molecule has 3 heterocycles. The minimum Gasteiger partial charge on any atom is -0.208 e. The highest BCUT2D eigenvalue weighted by Crippen LogP contribution is 2.45. The van der Waals surface area contributed by atoms with E-state index in [0.29, 0.717) is 34.9 Å². The lowest BCUT2D eigenvalue weighted by atomic mass is 9.90. The smallest absolute Gasteiger partial charge is 0.164 e. The predicted octanol–water partition coefficient (Wildman–Crippen LogP) is 13.8. The highest BCUT2D eigenvalue weighted by atomic mass is 32.1. The Morgan fingerprint density at radius 2 is 0.574 bits per heavy atom. The van der Waals surface area contributed by atoms with Crippen molar-refractivity contribution in [2.24, 2.45) is 0 Å². The molecule has 286 valence electrons. The fourth-order valence-corrected chi connectivity index (χ4v) is 8.93. The van der Waals surface area contributed by atoms with Gasteiger partial charge in [0.05, 0.1) is 0 Å². The Hall–Kier alpha value is -8.00. The van der Waals surface area contributed by atoms with E-state index >= 15 is 0 Å². The van der Waals surface area contributed by atoms with Crippen LogP contribution in [-0.2, 0) is 0 Å². The highest BCUT2D eigenvalue weighted by Gasteiger charge is 2.19. The first-order chi connectivity index (χ1) is 30.2. The van der Waals surface area contributed by atoms with E-state index < -0.39 is 0 Å². The number of aromatic nitrogens is 6. The fourth-order valence-electron chi connectivity index (χ4n) is 7.82. The van der Waals surface area contributed by atoms with Crippen LogP contribution in [0.3, 0.4) is 0 Å². The van der Waals surface area contributed by atoms with Gasteiger partial charge < -0.3 is 0 Å². The van der Waals surface area contributed by atoms with Crippen LogP contribution in [0.15, 0.2) is 206 Å². The van der Waals surface area contributed by atoms with Gasteiger partial charge in [-0.2, -0.15) is 0 Å². The first-order valence-corrected chi connectivity index (χ1v) is 20.9. The van der Waals surface area contributed by atoms with Crippen LogP contribution >= 0.6 is 11.3 Å². The summed E-state index contributed by atoms with van der Waals surface area (Å²) in [6.07, 6.45) is 0. The monoisotopic (exact) mass is 798 g/mol. The topological polar surface area (TPSA) is 77.3 Å². The van der Waals surface area contributed by atoms with E-state index in [4.69, 9.17) is 29.9 Å². The zero-order chi connectivity index (χ0) is 40.5. The second-order valence-electron chi connectivity index (χ2n) is 14.7. The third-order valence-electron chi connectivity index (χ3n) is 10.8. The number of thiophene rings is 1. The molecule has 6 nitrogen and oxygen atoms in total. The first kappa shape index (κ1) is 36.1. The van der Waals surface area contributed by atoms with Crippen LogP contribution < -0.4 is 0 Å². The molecule has 11 rings (SSSR count). The molecule has 0 amide bonds. The van der Waals surface area contributed by atoms with Gasteiger partial charge in [-0.1, -0.05) is 194 Å². The molecule has 11 aromatic rings. The molecule has 0 fully saturated rings. The Balaban J connectivity index is 1.02. The van der Waals surface area contributed by atoms with Crippen molar-refractivity contribution in [3.8, 4) is 90.6 Å². The normalized spacial score (nSPS) is 11.3. The number of benzene rings is 8. The summed E-state index contributed by atoms with van der Waals surface area (Å²) in [7, 11) is 0. The number of hydrogen-bond acceptors (Lipinski definition) is 7. The van der Waals surface area contributed by atoms with E-state index in [9.17, 15) is 0 Å². The Morgan fingerprint density at radius 3 is 0.984 bits per heavy atom. The van der Waals surface area contributed by atoms with Crippen LogP contribution in [0.1, 0.15) is 0 Å². The molecule has 0 aliphatic carbocycles. The van der Waals surface area contributed by atoms with E-state index in [1.807, 2.05) is 133 Å². The average Bonchev–Trinajstić information content (AvgIpc) is 3.73. The fraction of sp³-hybridized carbons (Fsp3) is 0. The molecule has 0 spiro atoms. The van der Waals surface area contributed by atoms with E-state index in [1.54, 1.807) is 0 Å². The number of hydrogen-bond donors (Lipinski definition) is 0. The molecule has 0 N–H and O–H groups in total. The quantitative estimate of drug-likeness (QED) is 0.152. The van der Waals surface area contributed by atoms with Crippen LogP contribution in [0.2, 0.25) is 0 Å². The third kappa shape index (κ3) is 7.03. The SMILES string of the molecule is c1ccc(-c2nc(-c3ccccc3)nc(-c3ccc(-c4ccc5sc6ccccc6c5c4-c4ccc(-c5nc(-c6ccccc6)nc(-c6ccccc6)n5)cc4)cc3)n2)cc1. The van der Waals surface area contributed by atoms with Crippen molar-refractivity contribution in [2.45, 2.75) is 0 Å². The van der Waals surface area contributed by atoms with Gasteiger partial charge >= 0.3 is 0 Å². The van der Waals surface area contributed by atoms with Crippen molar-refractivity contribution in [1.29, 1.82) is 0 Å². The molecule has 0 aliphatic rings. The van der Waals surface area contributed by atoms with Crippen LogP contribution in [0.4, 0.5) is 0 Å². The van der Waals surface area contributed by atoms with Crippen LogP contribution in [-0.4, -0.2) is 29.9 Å². The van der Waals surface area contributed by atoms with Gasteiger partial charge in [0.2, 0.25) is 0 Å². The average molecular weight is 799 g/mol. The molecule has 3 aromatic heterocycles. The first-order valence-electron chi connectivity index (χ1n) is 20.1. The van der Waals surface area contributed by atoms with Gasteiger partial charge in [0.1, 0.15) is 0 Å². The predicted molar refractivity (Wildman–Crippen MR) is 250 cm³/mol. The van der Waals surface area contributed by atoms with E-state index in [1.165, 1.54) is 25.7 Å². The molecule has 0 unspecified atom stereocenters. The maximum Gasteiger partial charge on any atom is 0.164 e. The molecule has 0 bridgehead atoms. The van der Waals surface area contributed by atoms with Gasteiger partial charge in [-0.3, -0.25) is 0 Å². The van der Waals surface area contributed by atoms with Crippen molar-refractivity contribution < 1.29 is 0 Å². The standard InChI is InChI=1S/C54H34N6S/c1-5-15-37(16-6-1)49-55-50(38-17-7-2-8-18-38)58-53(57-49)41-29-25-35(26-30-41)43-33-34-46-48(44-23-13-14-24-45(44)61-46)47(43)36-27-31-42(32-28-36)54-59-51(39-19-9-3-10-20-39)56-52(60-54)40-21-11-4-12-22-40/h1-34H. The summed E-state index contributed by atoms with van der Waals surface area (Å²) in [5.74, 6) is 3.80. The summed E-state index contributed by atoms with van der Waals surface area (Å²) in [5.41, 5.74) is 10.1. The van der Waals surface area contributed by atoms with Crippen LogP contribution in [0, 0.1) is 0 Å². The van der Waals surface area contributed by atoms with Crippen molar-refractivity contribution in [1.82, 2.24) is 29.9 Å². The van der Waals surface area contributed by atoms with Gasteiger partial charge in [-0.15, -0.1) is 11.3 Å². The second-order valence-corrected chi connectivity index (χ2v) is 15.8. The molecular weight excluding hydrogens is 765 g/mol. The van der Waals surface area contributed by atoms with Crippen molar-refractivity contribution >= 4 is 31.5 Å². The summed E-state index contributed by atoms with van der Waals surface area (Å²) in [6.45, 7) is 0. The van der Waals surface area contributed by atoms with Gasteiger partial charge in [-0.25, -0.2) is 29.9 Å². The van der Waals surface area contributed by atoms with Crippen LogP contribution in [0.25, 0.3) is 111 Å². The van der Waals surface area contributed by atoms with Gasteiger partial charge in [-0.05, 0) is 34.4 Å². The van der Waals surface area contributed by atoms with Gasteiger partial charge in [0.15, 0.2) is 34.9 Å². The van der Waals surface area contributed by atoms with E-state index in [0.717, 1.165) is 50.1 Å². The van der Waals surface area contributed by atoms with Crippen molar-refractivity contribution in [3.63, 3.8) is 0 Å². The molecule has 0 aliphatic heterocycles. The lowest BCUT2D eigenvalue weighted by Gasteiger charge is -2.14. The Kier molecular flexibility index (Phi) is 9.26. The minimum absolute atomic E-state index is 0.624. The summed E-state index contributed by atoms with van der Waals surface area (Å²) in [6, 6.07) is 70.7. The lowest BCUT2D eigenvalue weighted by molar-refractivity contribution is 1.07. The molecule has 0 saturated heterocycles. The molecule has 61 heavy (non-hydrogen) atoms. The molecule has 7 heteroatoms. The Labute approximate surface area is 356 Å². The zero-order valence-corrected chi connectivity index (χ0v) is 33.5. The zero-order valence-electron chi connectivity index (χ0n) is 32.7. The largest absolute Gasteiger partial charge is 0.208 e. The molecule has 0 atom stereocenters. The number of fused-ring (bicyclic) bond motifs is 3. The van der Waals surface area contributed by atoms with Crippen molar-refractivity contribution in [2.75, 3.05) is 0 Å². The summed E-state index contributed by atoms with van der Waals surface area (Å²) >= 11 is 1.82. The van der Waals surface area contributed by atoms with Crippen LogP contribution in [0.5, 0.6) is 0 Å². The molecule has 0 saturated carbocycles. The molecule has 0 radical (unpaired) electrons. The summed E-state index contributed by atoms with van der Waals surface area (Å²) < 4.78 is 2.50. The Bertz CT molecular complexity index is 3200. The van der Waals surface area contributed by atoms with Gasteiger partial charge in [0.25, 0.3) is 0 Å². The van der Waals surface area contributed by atoms with Gasteiger partial charge in [0, 0.05) is 53.6 Å². The van der Waals surface area contributed by atoms with E-state index in [-0.39, 0.29) is 0 Å². The number of nitrogens with zero attached hydrogens (tertiary/aromatic N) is 6. The third-order valence-corrected chi connectivity index (χ3v) is 12.0. The molecule has 8 aromatic carbocycles. The summed E-state index contributed by atoms with van der Waals surface area (Å²) in [4.78, 5) is 29.7. The Morgan fingerprint density at radius 1 is 0.246 bits per heavy atom. The number of rotatable bonds is 8. The van der Waals surface area contributed by atoms with E-state index in [2.05, 4.69) is 84.9 Å². The minimum atomic E-state index is 0.624. The highest BCUT2D eigenvalue weighted by molar-refractivity contribution is 7.26.